The fourth-order valence-corrected chi connectivity index (χ4v) is 4.29. The predicted octanol–water partition coefficient (Wildman–Crippen LogP) is 3.61. The van der Waals surface area contributed by atoms with Crippen molar-refractivity contribution in [3.8, 4) is 0 Å². The lowest BCUT2D eigenvalue weighted by atomic mass is 10.1. The van der Waals surface area contributed by atoms with Crippen molar-refractivity contribution in [2.24, 2.45) is 5.92 Å². The third-order valence-electron chi connectivity index (χ3n) is 4.32. The molecule has 1 atom stereocenters. The highest BCUT2D eigenvalue weighted by Crippen LogP contribution is 2.25. The Labute approximate surface area is 156 Å². The maximum Gasteiger partial charge on any atom is 0.262 e. The molecule has 0 radical (unpaired) electrons. The molecule has 1 fully saturated rings. The lowest BCUT2D eigenvalue weighted by Gasteiger charge is -2.22. The van der Waals surface area contributed by atoms with Crippen LogP contribution in [0.2, 0.25) is 5.02 Å². The summed E-state index contributed by atoms with van der Waals surface area (Å²) >= 11 is 7.71. The van der Waals surface area contributed by atoms with Crippen LogP contribution >= 0.6 is 23.4 Å². The average Bonchev–Trinajstić information content (AvgIpc) is 2.63. The number of rotatable bonds is 7. The highest BCUT2D eigenvalue weighted by Gasteiger charge is 2.17. The van der Waals surface area contributed by atoms with Crippen LogP contribution in [0.4, 0.5) is 0 Å². The van der Waals surface area contributed by atoms with Gasteiger partial charge < -0.3 is 9.47 Å². The molecule has 5 nitrogen and oxygen atoms in total. The zero-order valence-corrected chi connectivity index (χ0v) is 15.9. The number of halogens is 1. The van der Waals surface area contributed by atoms with Crippen molar-refractivity contribution in [2.45, 2.75) is 31.0 Å². The molecular formula is C18H23ClN2O3S. The number of benzene rings is 1. The minimum atomic E-state index is -0.0137. The Morgan fingerprint density at radius 2 is 2.36 bits per heavy atom. The first kappa shape index (κ1) is 18.7. The van der Waals surface area contributed by atoms with E-state index in [2.05, 4.69) is 0 Å². The van der Waals surface area contributed by atoms with Crippen LogP contribution in [-0.4, -0.2) is 42.2 Å². The van der Waals surface area contributed by atoms with Gasteiger partial charge in [-0.05, 0) is 43.4 Å². The van der Waals surface area contributed by atoms with E-state index in [9.17, 15) is 4.79 Å². The Bertz CT molecular complexity index is 775. The van der Waals surface area contributed by atoms with Crippen molar-refractivity contribution >= 4 is 34.3 Å². The third kappa shape index (κ3) is 4.76. The smallest absolute Gasteiger partial charge is 0.262 e. The molecule has 0 spiro atoms. The van der Waals surface area contributed by atoms with Gasteiger partial charge in [-0.1, -0.05) is 23.4 Å². The molecule has 0 unspecified atom stereocenters. The van der Waals surface area contributed by atoms with Gasteiger partial charge in [-0.3, -0.25) is 9.36 Å². The summed E-state index contributed by atoms with van der Waals surface area (Å²) in [6.45, 7) is 2.86. The van der Waals surface area contributed by atoms with E-state index < -0.39 is 0 Å². The number of nitrogens with zero attached hydrogens (tertiary/aromatic N) is 2. The van der Waals surface area contributed by atoms with Crippen molar-refractivity contribution in [3.05, 3.63) is 33.6 Å². The standard InChI is InChI=1S/C18H23ClN2O3S/c1-23-8-3-7-21-17(22)15-6-5-14(19)10-16(15)20-18(21)25-12-13-4-2-9-24-11-13/h5-6,10,13H,2-4,7-9,11-12H2,1H3/t13-/m1/s1. The number of hydrogen-bond acceptors (Lipinski definition) is 5. The van der Waals surface area contributed by atoms with Crippen LogP contribution < -0.4 is 5.56 Å². The van der Waals surface area contributed by atoms with Crippen molar-refractivity contribution in [1.82, 2.24) is 9.55 Å². The lowest BCUT2D eigenvalue weighted by molar-refractivity contribution is 0.0632. The van der Waals surface area contributed by atoms with E-state index >= 15 is 0 Å². The molecule has 1 aliphatic rings. The number of methoxy groups -OCH3 is 1. The maximum absolute atomic E-state index is 12.9. The van der Waals surface area contributed by atoms with Crippen LogP contribution in [0.3, 0.4) is 0 Å². The number of ether oxygens (including phenoxy) is 2. The van der Waals surface area contributed by atoms with Crippen LogP contribution in [0.25, 0.3) is 10.9 Å². The number of hydrogen-bond donors (Lipinski definition) is 0. The summed E-state index contributed by atoms with van der Waals surface area (Å²) in [5.74, 6) is 1.42. The fourth-order valence-electron chi connectivity index (χ4n) is 2.98. The lowest BCUT2D eigenvalue weighted by Crippen LogP contribution is -2.25. The second kappa shape index (κ2) is 9.03. The molecule has 7 heteroatoms. The Balaban J connectivity index is 1.88. The maximum atomic E-state index is 12.9. The second-order valence-corrected chi connectivity index (χ2v) is 7.68. The summed E-state index contributed by atoms with van der Waals surface area (Å²) in [7, 11) is 1.67. The van der Waals surface area contributed by atoms with Gasteiger partial charge in [0.25, 0.3) is 5.56 Å². The summed E-state index contributed by atoms with van der Waals surface area (Å²) in [5.41, 5.74) is 0.642. The Morgan fingerprint density at radius 3 is 3.12 bits per heavy atom. The van der Waals surface area contributed by atoms with Gasteiger partial charge in [0.15, 0.2) is 5.16 Å². The fraction of sp³-hybridized carbons (Fsp3) is 0.556. The van der Waals surface area contributed by atoms with Crippen molar-refractivity contribution in [3.63, 3.8) is 0 Å². The monoisotopic (exact) mass is 382 g/mol. The summed E-state index contributed by atoms with van der Waals surface area (Å²) in [4.78, 5) is 17.6. The molecule has 1 saturated heterocycles. The molecule has 0 bridgehead atoms. The number of aromatic nitrogens is 2. The second-order valence-electron chi connectivity index (χ2n) is 6.25. The van der Waals surface area contributed by atoms with Gasteiger partial charge in [0, 0.05) is 37.6 Å². The van der Waals surface area contributed by atoms with Gasteiger partial charge in [0.1, 0.15) is 0 Å². The van der Waals surface area contributed by atoms with Crippen LogP contribution in [0.5, 0.6) is 0 Å². The molecule has 25 heavy (non-hydrogen) atoms. The molecule has 2 aromatic rings. The Hall–Kier alpha value is -1.08. The molecule has 0 amide bonds. The average molecular weight is 383 g/mol. The van der Waals surface area contributed by atoms with Gasteiger partial charge >= 0.3 is 0 Å². The highest BCUT2D eigenvalue weighted by molar-refractivity contribution is 7.99. The van der Waals surface area contributed by atoms with E-state index in [0.717, 1.165) is 37.0 Å². The molecule has 0 N–H and O–H groups in total. The van der Waals surface area contributed by atoms with Crippen LogP contribution in [-0.2, 0) is 16.0 Å². The topological polar surface area (TPSA) is 53.4 Å². The number of fused-ring (bicyclic) bond motifs is 1. The third-order valence-corrected chi connectivity index (χ3v) is 5.76. The molecule has 1 aliphatic heterocycles. The van der Waals surface area contributed by atoms with Gasteiger partial charge in [-0.25, -0.2) is 4.98 Å². The summed E-state index contributed by atoms with van der Waals surface area (Å²) < 4.78 is 12.4. The normalized spacial score (nSPS) is 17.9. The Kier molecular flexibility index (Phi) is 6.76. The minimum absolute atomic E-state index is 0.0137. The zero-order valence-electron chi connectivity index (χ0n) is 14.4. The van der Waals surface area contributed by atoms with Crippen molar-refractivity contribution in [2.75, 3.05) is 32.7 Å². The van der Waals surface area contributed by atoms with Crippen molar-refractivity contribution < 1.29 is 9.47 Å². The highest BCUT2D eigenvalue weighted by atomic mass is 35.5. The van der Waals surface area contributed by atoms with Gasteiger partial charge in [-0.15, -0.1) is 0 Å². The predicted molar refractivity (Wildman–Crippen MR) is 102 cm³/mol. The molecule has 0 saturated carbocycles. The Morgan fingerprint density at radius 1 is 1.48 bits per heavy atom. The largest absolute Gasteiger partial charge is 0.385 e. The molecule has 3 rings (SSSR count). The first-order chi connectivity index (χ1) is 12.2. The molecule has 1 aromatic carbocycles. The van der Waals surface area contributed by atoms with Crippen LogP contribution in [0.1, 0.15) is 19.3 Å². The number of thioether (sulfide) groups is 1. The van der Waals surface area contributed by atoms with E-state index in [1.165, 1.54) is 6.42 Å². The van der Waals surface area contributed by atoms with Gasteiger partial charge in [0.2, 0.25) is 0 Å². The van der Waals surface area contributed by atoms with Crippen LogP contribution in [0.15, 0.2) is 28.2 Å². The SMILES string of the molecule is COCCCn1c(SC[C@@H]2CCCOC2)nc2cc(Cl)ccc2c1=O. The van der Waals surface area contributed by atoms with Gasteiger partial charge in [-0.2, -0.15) is 0 Å². The van der Waals surface area contributed by atoms with E-state index in [1.54, 1.807) is 41.6 Å². The van der Waals surface area contributed by atoms with E-state index in [-0.39, 0.29) is 5.56 Å². The van der Waals surface area contributed by atoms with Crippen molar-refractivity contribution in [1.29, 1.82) is 0 Å². The summed E-state index contributed by atoms with van der Waals surface area (Å²) in [5, 5.41) is 1.95. The summed E-state index contributed by atoms with van der Waals surface area (Å²) in [6, 6.07) is 5.24. The van der Waals surface area contributed by atoms with Crippen LogP contribution in [0, 0.1) is 5.92 Å². The first-order valence-corrected chi connectivity index (χ1v) is 9.95. The molecule has 136 valence electrons. The van der Waals surface area contributed by atoms with E-state index in [4.69, 9.17) is 26.1 Å². The zero-order chi connectivity index (χ0) is 17.6. The van der Waals surface area contributed by atoms with E-state index in [1.807, 2.05) is 0 Å². The molecular weight excluding hydrogens is 360 g/mol. The molecule has 1 aromatic heterocycles. The minimum Gasteiger partial charge on any atom is -0.385 e. The summed E-state index contributed by atoms with van der Waals surface area (Å²) in [6.07, 6.45) is 3.05. The van der Waals surface area contributed by atoms with E-state index in [0.29, 0.717) is 35.0 Å². The van der Waals surface area contributed by atoms with Gasteiger partial charge in [0.05, 0.1) is 17.5 Å². The molecule has 2 heterocycles. The quantitative estimate of drug-likeness (QED) is 0.416. The first-order valence-electron chi connectivity index (χ1n) is 8.58. The molecule has 0 aliphatic carbocycles.